The zero-order valence-electron chi connectivity index (χ0n) is 18.2. The van der Waals surface area contributed by atoms with Crippen LogP contribution in [-0.2, 0) is 9.59 Å². The van der Waals surface area contributed by atoms with E-state index in [1.165, 1.54) is 9.13 Å². The van der Waals surface area contributed by atoms with Crippen LogP contribution in [-0.4, -0.2) is 22.4 Å². The van der Waals surface area contributed by atoms with Crippen LogP contribution in [0.15, 0.2) is 54.1 Å². The average Bonchev–Trinajstić information content (AvgIpc) is 3.00. The predicted octanol–water partition coefficient (Wildman–Crippen LogP) is 4.98. The van der Waals surface area contributed by atoms with Crippen molar-refractivity contribution in [1.82, 2.24) is 9.88 Å². The summed E-state index contributed by atoms with van der Waals surface area (Å²) in [5.74, 6) is -1.34. The molecule has 4 rings (SSSR count). The van der Waals surface area contributed by atoms with Crippen LogP contribution in [0.1, 0.15) is 28.1 Å². The van der Waals surface area contributed by atoms with E-state index in [0.717, 1.165) is 33.1 Å². The quantitative estimate of drug-likeness (QED) is 0.290. The number of barbiturate groups is 1. The number of amides is 4. The minimum Gasteiger partial charge on any atom is -0.318 e. The Morgan fingerprint density at radius 1 is 0.906 bits per heavy atom. The maximum Gasteiger partial charge on any atom is 0.335 e. The van der Waals surface area contributed by atoms with Crippen LogP contribution < -0.4 is 10.2 Å². The van der Waals surface area contributed by atoms with E-state index in [4.69, 9.17) is 0 Å². The van der Waals surface area contributed by atoms with Crippen molar-refractivity contribution in [3.8, 4) is 5.69 Å². The zero-order chi connectivity index (χ0) is 23.2. The summed E-state index contributed by atoms with van der Waals surface area (Å²) in [5.41, 5.74) is 6.05. The highest BCUT2D eigenvalue weighted by atomic mass is 127. The number of rotatable bonds is 3. The summed E-state index contributed by atoms with van der Waals surface area (Å²) in [7, 11) is 0. The van der Waals surface area contributed by atoms with Gasteiger partial charge in [0.2, 0.25) is 0 Å². The van der Waals surface area contributed by atoms with Crippen LogP contribution in [0.4, 0.5) is 10.5 Å². The highest BCUT2D eigenvalue weighted by Gasteiger charge is 2.37. The largest absolute Gasteiger partial charge is 0.335 e. The second-order valence-electron chi connectivity index (χ2n) is 7.89. The summed E-state index contributed by atoms with van der Waals surface area (Å²) >= 11 is 2.30. The van der Waals surface area contributed by atoms with Crippen LogP contribution in [0.2, 0.25) is 0 Å². The Kier molecular flexibility index (Phi) is 5.77. The molecule has 3 aromatic rings. The molecule has 1 saturated heterocycles. The number of hydrogen-bond acceptors (Lipinski definition) is 3. The number of benzene rings is 2. The number of nitrogens with one attached hydrogen (secondary N) is 1. The van der Waals surface area contributed by atoms with Gasteiger partial charge in [-0.25, -0.2) is 9.69 Å². The third-order valence-corrected chi connectivity index (χ3v) is 6.74. The number of carbonyl (C=O) groups is 3. The maximum absolute atomic E-state index is 13.2. The second-order valence-corrected chi connectivity index (χ2v) is 9.05. The number of carbonyl (C=O) groups excluding carboxylic acids is 3. The van der Waals surface area contributed by atoms with Crippen LogP contribution in [0, 0.1) is 31.3 Å². The molecule has 2 heterocycles. The third-order valence-electron chi connectivity index (χ3n) is 5.53. The molecule has 32 heavy (non-hydrogen) atoms. The van der Waals surface area contributed by atoms with E-state index < -0.39 is 17.8 Å². The Balaban J connectivity index is 1.77. The van der Waals surface area contributed by atoms with Crippen molar-refractivity contribution in [2.24, 2.45) is 0 Å². The zero-order valence-corrected chi connectivity index (χ0v) is 20.4. The number of urea groups is 1. The molecule has 2 aromatic carbocycles. The highest BCUT2D eigenvalue weighted by molar-refractivity contribution is 14.1. The molecule has 1 N–H and O–H groups in total. The van der Waals surface area contributed by atoms with E-state index in [0.29, 0.717) is 5.69 Å². The molecule has 1 aromatic heterocycles. The fourth-order valence-electron chi connectivity index (χ4n) is 3.91. The molecular formula is C25H22IN3O3. The minimum absolute atomic E-state index is 0.0786. The van der Waals surface area contributed by atoms with E-state index >= 15 is 0 Å². The van der Waals surface area contributed by atoms with Gasteiger partial charge in [0.05, 0.1) is 5.69 Å². The van der Waals surface area contributed by atoms with Crippen LogP contribution in [0.5, 0.6) is 0 Å². The Morgan fingerprint density at radius 2 is 1.66 bits per heavy atom. The number of aryl methyl sites for hydroxylation is 3. The Labute approximate surface area is 200 Å². The van der Waals surface area contributed by atoms with E-state index in [1.807, 2.05) is 39.0 Å². The SMILES string of the molecule is Cc1cccc(N2C(=O)NC(=O)/C(=C/c3cc(C)n(-c4ccc(I)c(C)c4)c3C)C2=O)c1. The Morgan fingerprint density at radius 3 is 2.34 bits per heavy atom. The van der Waals surface area contributed by atoms with E-state index in [1.54, 1.807) is 24.3 Å². The molecule has 0 atom stereocenters. The van der Waals surface area contributed by atoms with E-state index in [2.05, 4.69) is 51.5 Å². The van der Waals surface area contributed by atoms with Gasteiger partial charge in [-0.3, -0.25) is 14.9 Å². The molecule has 162 valence electrons. The summed E-state index contributed by atoms with van der Waals surface area (Å²) in [4.78, 5) is 39.2. The molecular weight excluding hydrogens is 517 g/mol. The molecule has 1 aliphatic heterocycles. The monoisotopic (exact) mass is 539 g/mol. The molecule has 0 radical (unpaired) electrons. The molecule has 1 aliphatic rings. The smallest absolute Gasteiger partial charge is 0.318 e. The fraction of sp³-hybridized carbons (Fsp3) is 0.160. The first-order valence-electron chi connectivity index (χ1n) is 10.1. The summed E-state index contributed by atoms with van der Waals surface area (Å²) in [6.07, 6.45) is 1.56. The number of hydrogen-bond donors (Lipinski definition) is 1. The Hall–Kier alpha value is -3.20. The van der Waals surface area contributed by atoms with Gasteiger partial charge in [-0.15, -0.1) is 0 Å². The van der Waals surface area contributed by atoms with Gasteiger partial charge in [0.15, 0.2) is 0 Å². The summed E-state index contributed by atoms with van der Waals surface area (Å²) in [5, 5.41) is 2.29. The van der Waals surface area contributed by atoms with Crippen molar-refractivity contribution < 1.29 is 14.4 Å². The summed E-state index contributed by atoms with van der Waals surface area (Å²) in [6.45, 7) is 7.86. The van der Waals surface area contributed by atoms with Crippen molar-refractivity contribution in [3.05, 3.63) is 85.8 Å². The fourth-order valence-corrected chi connectivity index (χ4v) is 4.25. The Bertz CT molecular complexity index is 1320. The topological polar surface area (TPSA) is 71.4 Å². The van der Waals surface area contributed by atoms with Crippen molar-refractivity contribution in [2.75, 3.05) is 4.90 Å². The molecule has 0 saturated carbocycles. The molecule has 4 amide bonds. The summed E-state index contributed by atoms with van der Waals surface area (Å²) in [6, 6.07) is 14.4. The lowest BCUT2D eigenvalue weighted by Gasteiger charge is -2.26. The first kappa shape index (κ1) is 22.0. The van der Waals surface area contributed by atoms with Gasteiger partial charge in [0, 0.05) is 20.6 Å². The van der Waals surface area contributed by atoms with Crippen LogP contribution >= 0.6 is 22.6 Å². The van der Waals surface area contributed by atoms with E-state index in [-0.39, 0.29) is 5.57 Å². The molecule has 0 aliphatic carbocycles. The molecule has 0 bridgehead atoms. The number of aromatic nitrogens is 1. The van der Waals surface area contributed by atoms with Gasteiger partial charge in [-0.05, 0) is 109 Å². The van der Waals surface area contributed by atoms with E-state index in [9.17, 15) is 14.4 Å². The normalized spacial score (nSPS) is 15.5. The third kappa shape index (κ3) is 3.88. The lowest BCUT2D eigenvalue weighted by atomic mass is 10.1. The van der Waals surface area contributed by atoms with Crippen molar-refractivity contribution in [1.29, 1.82) is 0 Å². The number of halogens is 1. The van der Waals surface area contributed by atoms with Crippen molar-refractivity contribution >= 4 is 52.2 Å². The van der Waals surface area contributed by atoms with Gasteiger partial charge in [0.25, 0.3) is 11.8 Å². The molecule has 0 unspecified atom stereocenters. The number of imide groups is 2. The number of anilines is 1. The minimum atomic E-state index is -0.748. The van der Waals surface area contributed by atoms with Gasteiger partial charge in [-0.2, -0.15) is 0 Å². The van der Waals surface area contributed by atoms with Gasteiger partial charge < -0.3 is 4.57 Å². The van der Waals surface area contributed by atoms with Gasteiger partial charge in [-0.1, -0.05) is 12.1 Å². The summed E-state index contributed by atoms with van der Waals surface area (Å²) < 4.78 is 3.27. The average molecular weight is 539 g/mol. The van der Waals surface area contributed by atoms with Gasteiger partial charge in [0.1, 0.15) is 5.57 Å². The molecule has 1 fully saturated rings. The first-order valence-corrected chi connectivity index (χ1v) is 11.2. The lowest BCUT2D eigenvalue weighted by molar-refractivity contribution is -0.122. The first-order chi connectivity index (χ1) is 15.2. The number of nitrogens with zero attached hydrogens (tertiary/aromatic N) is 2. The van der Waals surface area contributed by atoms with Crippen LogP contribution in [0.25, 0.3) is 11.8 Å². The van der Waals surface area contributed by atoms with Crippen molar-refractivity contribution in [3.63, 3.8) is 0 Å². The second kappa shape index (κ2) is 8.38. The highest BCUT2D eigenvalue weighted by Crippen LogP contribution is 2.27. The van der Waals surface area contributed by atoms with Crippen molar-refractivity contribution in [2.45, 2.75) is 27.7 Å². The van der Waals surface area contributed by atoms with Crippen LogP contribution in [0.3, 0.4) is 0 Å². The van der Waals surface area contributed by atoms with Gasteiger partial charge >= 0.3 is 6.03 Å². The lowest BCUT2D eigenvalue weighted by Crippen LogP contribution is -2.54. The molecule has 7 heteroatoms. The molecule has 0 spiro atoms. The maximum atomic E-state index is 13.2. The standard InChI is InChI=1S/C25H22IN3O3/c1-14-6-5-7-19(10-14)29-24(31)21(23(30)27-25(29)32)13-18-12-16(3)28(17(18)4)20-8-9-22(26)15(2)11-20/h5-13H,1-4H3,(H,27,30,32)/b21-13-. The predicted molar refractivity (Wildman–Crippen MR) is 133 cm³/mol. The molecule has 6 nitrogen and oxygen atoms in total.